The summed E-state index contributed by atoms with van der Waals surface area (Å²) in [6.07, 6.45) is 1.37. The first-order valence-electron chi connectivity index (χ1n) is 4.96. The number of sulfonamides is 1. The second-order valence-corrected chi connectivity index (χ2v) is 5.17. The zero-order valence-corrected chi connectivity index (χ0v) is 9.80. The Kier molecular flexibility index (Phi) is 4.49. The summed E-state index contributed by atoms with van der Waals surface area (Å²) in [7, 11) is -3.40. The number of hydrogen-bond donors (Lipinski definition) is 1. The second kappa shape index (κ2) is 5.65. The van der Waals surface area contributed by atoms with Gasteiger partial charge in [0.1, 0.15) is 5.83 Å². The number of benzene rings is 1. The van der Waals surface area contributed by atoms with Gasteiger partial charge in [-0.2, -0.15) is 0 Å². The summed E-state index contributed by atoms with van der Waals surface area (Å²) in [5.41, 5.74) is 0.349. The van der Waals surface area contributed by atoms with Crippen LogP contribution in [0.4, 0.5) is 4.39 Å². The van der Waals surface area contributed by atoms with Gasteiger partial charge in [0.2, 0.25) is 10.0 Å². The Labute approximate surface area is 95.0 Å². The lowest BCUT2D eigenvalue weighted by Crippen LogP contribution is -2.21. The fraction of sp³-hybridized carbons (Fsp3) is 0.273. The van der Waals surface area contributed by atoms with E-state index in [1.807, 2.05) is 0 Å². The Morgan fingerprint density at radius 1 is 1.38 bits per heavy atom. The van der Waals surface area contributed by atoms with E-state index in [0.717, 1.165) is 6.20 Å². The van der Waals surface area contributed by atoms with E-state index in [0.29, 0.717) is 12.0 Å². The molecule has 88 valence electrons. The van der Waals surface area contributed by atoms with Gasteiger partial charge < -0.3 is 0 Å². The van der Waals surface area contributed by atoms with E-state index in [1.165, 1.54) is 0 Å². The van der Waals surface area contributed by atoms with Crippen LogP contribution in [0.15, 0.2) is 36.5 Å². The van der Waals surface area contributed by atoms with Crippen LogP contribution < -0.4 is 4.72 Å². The molecule has 0 spiro atoms. The molecule has 0 radical (unpaired) electrons. The molecule has 0 fully saturated rings. The van der Waals surface area contributed by atoms with Crippen LogP contribution >= 0.6 is 0 Å². The molecule has 0 heterocycles. The van der Waals surface area contributed by atoms with Gasteiger partial charge in [-0.1, -0.05) is 37.3 Å². The zero-order chi connectivity index (χ0) is 12.0. The standard InChI is InChI=1S/C11H14FNO2S/c1-2-8-16(14,15)13-9-11(12)10-6-4-3-5-7-10/h3-7,9,13H,2,8H2,1H3/b11-9+. The molecule has 0 bridgehead atoms. The lowest BCUT2D eigenvalue weighted by atomic mass is 10.2. The maximum absolute atomic E-state index is 13.4. The molecule has 0 atom stereocenters. The third-order valence-electron chi connectivity index (χ3n) is 1.89. The first kappa shape index (κ1) is 12.7. The number of hydrogen-bond acceptors (Lipinski definition) is 2. The van der Waals surface area contributed by atoms with E-state index in [-0.39, 0.29) is 5.75 Å². The fourth-order valence-corrected chi connectivity index (χ4v) is 2.09. The number of rotatable bonds is 5. The Hall–Kier alpha value is -1.36. The molecule has 1 aromatic carbocycles. The van der Waals surface area contributed by atoms with Crippen molar-refractivity contribution >= 4 is 15.9 Å². The van der Waals surface area contributed by atoms with E-state index >= 15 is 0 Å². The molecule has 0 aliphatic carbocycles. The van der Waals surface area contributed by atoms with E-state index < -0.39 is 15.9 Å². The van der Waals surface area contributed by atoms with Crippen molar-refractivity contribution in [2.75, 3.05) is 5.75 Å². The van der Waals surface area contributed by atoms with Crippen molar-refractivity contribution < 1.29 is 12.8 Å². The average molecular weight is 243 g/mol. The van der Waals surface area contributed by atoms with E-state index in [9.17, 15) is 12.8 Å². The maximum atomic E-state index is 13.4. The largest absolute Gasteiger partial charge is 0.287 e. The predicted molar refractivity (Wildman–Crippen MR) is 62.7 cm³/mol. The Bertz CT molecular complexity index is 454. The lowest BCUT2D eigenvalue weighted by Gasteiger charge is -2.02. The van der Waals surface area contributed by atoms with Gasteiger partial charge in [0.15, 0.2) is 0 Å². The average Bonchev–Trinajstić information content (AvgIpc) is 2.27. The fourth-order valence-electron chi connectivity index (χ4n) is 1.15. The SMILES string of the molecule is CCCS(=O)(=O)N/C=C(/F)c1ccccc1. The van der Waals surface area contributed by atoms with Gasteiger partial charge in [-0.3, -0.25) is 4.72 Å². The molecule has 0 aliphatic heterocycles. The van der Waals surface area contributed by atoms with Crippen LogP contribution in [0, 0.1) is 0 Å². The summed E-state index contributed by atoms with van der Waals surface area (Å²) in [5.74, 6) is -0.605. The highest BCUT2D eigenvalue weighted by atomic mass is 32.2. The molecule has 3 nitrogen and oxygen atoms in total. The maximum Gasteiger partial charge on any atom is 0.232 e. The Balaban J connectivity index is 2.73. The Morgan fingerprint density at radius 2 is 2.00 bits per heavy atom. The molecule has 0 aliphatic rings. The summed E-state index contributed by atoms with van der Waals surface area (Å²) < 4.78 is 38.0. The molecule has 1 rings (SSSR count). The van der Waals surface area contributed by atoms with Crippen LogP contribution in [0.1, 0.15) is 18.9 Å². The minimum absolute atomic E-state index is 0.00836. The van der Waals surface area contributed by atoms with E-state index in [4.69, 9.17) is 0 Å². The third kappa shape index (κ3) is 4.02. The molecule has 0 saturated heterocycles. The molecule has 5 heteroatoms. The van der Waals surface area contributed by atoms with Crippen molar-refractivity contribution in [2.45, 2.75) is 13.3 Å². The first-order valence-corrected chi connectivity index (χ1v) is 6.61. The molecule has 16 heavy (non-hydrogen) atoms. The molecule has 0 saturated carbocycles. The second-order valence-electron chi connectivity index (χ2n) is 3.30. The van der Waals surface area contributed by atoms with Crippen molar-refractivity contribution in [3.05, 3.63) is 42.1 Å². The quantitative estimate of drug-likeness (QED) is 0.862. The summed E-state index contributed by atoms with van der Waals surface area (Å²) in [6, 6.07) is 8.27. The van der Waals surface area contributed by atoms with Crippen LogP contribution in [0.3, 0.4) is 0 Å². The summed E-state index contributed by atoms with van der Waals surface area (Å²) >= 11 is 0. The molecule has 0 aromatic heterocycles. The van der Waals surface area contributed by atoms with Crippen molar-refractivity contribution in [3.8, 4) is 0 Å². The highest BCUT2D eigenvalue weighted by Crippen LogP contribution is 2.13. The van der Waals surface area contributed by atoms with Gasteiger partial charge in [-0.25, -0.2) is 12.8 Å². The highest BCUT2D eigenvalue weighted by Gasteiger charge is 2.06. The number of nitrogens with one attached hydrogen (secondary N) is 1. The molecular weight excluding hydrogens is 229 g/mol. The Morgan fingerprint density at radius 3 is 2.56 bits per heavy atom. The van der Waals surface area contributed by atoms with Crippen molar-refractivity contribution in [3.63, 3.8) is 0 Å². The van der Waals surface area contributed by atoms with E-state index in [1.54, 1.807) is 37.3 Å². The van der Waals surface area contributed by atoms with Gasteiger partial charge in [-0.15, -0.1) is 0 Å². The first-order chi connectivity index (χ1) is 7.55. The minimum Gasteiger partial charge on any atom is -0.287 e. The third-order valence-corrected chi connectivity index (χ3v) is 3.31. The molecule has 0 amide bonds. The highest BCUT2D eigenvalue weighted by molar-refractivity contribution is 7.89. The van der Waals surface area contributed by atoms with Crippen LogP contribution in [-0.4, -0.2) is 14.2 Å². The van der Waals surface area contributed by atoms with Gasteiger partial charge in [0.25, 0.3) is 0 Å². The molecule has 0 unspecified atom stereocenters. The van der Waals surface area contributed by atoms with E-state index in [2.05, 4.69) is 4.72 Å². The van der Waals surface area contributed by atoms with Gasteiger partial charge in [0.05, 0.1) is 5.75 Å². The van der Waals surface area contributed by atoms with Crippen molar-refractivity contribution in [1.82, 2.24) is 4.72 Å². The molecule has 1 N–H and O–H groups in total. The summed E-state index contributed by atoms with van der Waals surface area (Å²) in [6.45, 7) is 1.75. The molecular formula is C11H14FNO2S. The normalized spacial score (nSPS) is 12.5. The minimum atomic E-state index is -3.40. The van der Waals surface area contributed by atoms with Gasteiger partial charge in [-0.05, 0) is 6.42 Å². The zero-order valence-electron chi connectivity index (χ0n) is 8.98. The van der Waals surface area contributed by atoms with Crippen molar-refractivity contribution in [2.24, 2.45) is 0 Å². The monoisotopic (exact) mass is 243 g/mol. The number of halogens is 1. The van der Waals surface area contributed by atoms with Crippen molar-refractivity contribution in [1.29, 1.82) is 0 Å². The van der Waals surface area contributed by atoms with Crippen LogP contribution in [0.5, 0.6) is 0 Å². The van der Waals surface area contributed by atoms with Crippen LogP contribution in [0.2, 0.25) is 0 Å². The lowest BCUT2D eigenvalue weighted by molar-refractivity contribution is 0.588. The van der Waals surface area contributed by atoms with Crippen LogP contribution in [0.25, 0.3) is 5.83 Å². The van der Waals surface area contributed by atoms with Gasteiger partial charge in [0, 0.05) is 11.8 Å². The summed E-state index contributed by atoms with van der Waals surface area (Å²) in [4.78, 5) is 0. The molecule has 1 aromatic rings. The predicted octanol–water partition coefficient (Wildman–Crippen LogP) is 2.28. The van der Waals surface area contributed by atoms with Crippen LogP contribution in [-0.2, 0) is 10.0 Å². The van der Waals surface area contributed by atoms with Gasteiger partial charge >= 0.3 is 0 Å². The summed E-state index contributed by atoms with van der Waals surface area (Å²) in [5, 5.41) is 0. The topological polar surface area (TPSA) is 46.2 Å². The smallest absolute Gasteiger partial charge is 0.232 e.